The van der Waals surface area contributed by atoms with Crippen molar-refractivity contribution in [3.8, 4) is 6.07 Å². The van der Waals surface area contributed by atoms with Gasteiger partial charge >= 0.3 is 5.97 Å². The van der Waals surface area contributed by atoms with Gasteiger partial charge in [0.1, 0.15) is 5.76 Å². The highest BCUT2D eigenvalue weighted by molar-refractivity contribution is 5.91. The van der Waals surface area contributed by atoms with E-state index >= 15 is 0 Å². The molecule has 37 heavy (non-hydrogen) atoms. The van der Waals surface area contributed by atoms with Crippen molar-refractivity contribution in [2.24, 2.45) is 11.3 Å². The zero-order valence-electron chi connectivity index (χ0n) is 22.3. The van der Waals surface area contributed by atoms with Gasteiger partial charge in [-0.2, -0.15) is 5.26 Å². The van der Waals surface area contributed by atoms with Crippen LogP contribution in [0.5, 0.6) is 0 Å². The highest BCUT2D eigenvalue weighted by Gasteiger charge is 2.42. The molecule has 1 amide bonds. The van der Waals surface area contributed by atoms with Gasteiger partial charge in [-0.3, -0.25) is 9.59 Å². The average molecular weight is 506 g/mol. The largest absolute Gasteiger partial charge is 0.481 e. The van der Waals surface area contributed by atoms with Gasteiger partial charge < -0.3 is 14.9 Å². The lowest BCUT2D eigenvalue weighted by atomic mass is 9.64. The minimum Gasteiger partial charge on any atom is -0.481 e. The molecule has 1 heterocycles. The van der Waals surface area contributed by atoms with E-state index in [0.717, 1.165) is 42.7 Å². The summed E-state index contributed by atoms with van der Waals surface area (Å²) in [5.41, 5.74) is 3.46. The molecular weight excluding hydrogens is 466 g/mol. The number of amides is 1. The second-order valence-corrected chi connectivity index (χ2v) is 11.4. The Morgan fingerprint density at radius 1 is 1.19 bits per heavy atom. The highest BCUT2D eigenvalue weighted by atomic mass is 16.5. The van der Waals surface area contributed by atoms with Crippen molar-refractivity contribution >= 4 is 17.6 Å². The van der Waals surface area contributed by atoms with Gasteiger partial charge in [-0.1, -0.05) is 38.8 Å². The third-order valence-electron chi connectivity index (χ3n) is 8.69. The van der Waals surface area contributed by atoms with Gasteiger partial charge in [-0.25, -0.2) is 0 Å². The first-order chi connectivity index (χ1) is 17.7. The van der Waals surface area contributed by atoms with E-state index in [-0.39, 0.29) is 24.7 Å². The van der Waals surface area contributed by atoms with Crippen LogP contribution in [0, 0.1) is 22.7 Å². The van der Waals surface area contributed by atoms with E-state index in [1.807, 2.05) is 0 Å². The zero-order valence-corrected chi connectivity index (χ0v) is 22.3. The Bertz CT molecular complexity index is 1130. The summed E-state index contributed by atoms with van der Waals surface area (Å²) in [6.45, 7) is 6.95. The summed E-state index contributed by atoms with van der Waals surface area (Å²) >= 11 is 0. The number of carbonyl (C=O) groups excluding carboxylic acids is 1. The summed E-state index contributed by atoms with van der Waals surface area (Å²) in [4.78, 5) is 24.4. The molecule has 7 nitrogen and oxygen atoms in total. The average Bonchev–Trinajstić information content (AvgIpc) is 3.62. The van der Waals surface area contributed by atoms with E-state index in [9.17, 15) is 14.7 Å². The van der Waals surface area contributed by atoms with Gasteiger partial charge in [0, 0.05) is 35.9 Å². The molecule has 7 heteroatoms. The molecule has 2 saturated carbocycles. The number of nitrogens with one attached hydrogen (secondary N) is 1. The molecule has 1 atom stereocenters. The van der Waals surface area contributed by atoms with Crippen LogP contribution in [-0.4, -0.2) is 22.1 Å². The Morgan fingerprint density at radius 2 is 1.86 bits per heavy atom. The third-order valence-corrected chi connectivity index (χ3v) is 8.69. The van der Waals surface area contributed by atoms with Crippen LogP contribution in [0.4, 0.5) is 5.69 Å². The van der Waals surface area contributed by atoms with E-state index in [1.54, 1.807) is 24.3 Å². The summed E-state index contributed by atoms with van der Waals surface area (Å²) in [5.74, 6) is 1.06. The zero-order chi connectivity index (χ0) is 26.6. The molecule has 2 N–H and O–H groups in total. The van der Waals surface area contributed by atoms with Crippen molar-refractivity contribution in [2.45, 2.75) is 103 Å². The molecule has 4 rings (SSSR count). The summed E-state index contributed by atoms with van der Waals surface area (Å²) in [6, 6.07) is 8.77. The molecule has 0 radical (unpaired) electrons. The fraction of sp³-hybridized carbons (Fsp3) is 0.600. The van der Waals surface area contributed by atoms with Crippen LogP contribution >= 0.6 is 0 Å². The Morgan fingerprint density at radius 3 is 2.43 bits per heavy atom. The Balaban J connectivity index is 1.48. The second kappa shape index (κ2) is 11.5. The monoisotopic (exact) mass is 505 g/mol. The van der Waals surface area contributed by atoms with Crippen LogP contribution < -0.4 is 5.32 Å². The SMILES string of the molecule is CCC(C)(CC)CC1CC(c2onc(C(CCC(=O)O)CC(=O)Nc3ccc(C#N)cc3)c2C2CC2)C1. The molecular formula is C30H39N3O4. The normalized spacial score (nSPS) is 20.1. The topological polar surface area (TPSA) is 116 Å². The maximum Gasteiger partial charge on any atom is 0.303 e. The number of carboxylic acid groups (broad SMARTS) is 1. The molecule has 198 valence electrons. The first-order valence-electron chi connectivity index (χ1n) is 13.8. The number of hydrogen-bond donors (Lipinski definition) is 2. The Kier molecular flexibility index (Phi) is 8.36. The van der Waals surface area contributed by atoms with E-state index in [4.69, 9.17) is 9.78 Å². The van der Waals surface area contributed by atoms with Crippen molar-refractivity contribution in [2.75, 3.05) is 5.32 Å². The lowest BCUT2D eigenvalue weighted by molar-refractivity contribution is -0.137. The third kappa shape index (κ3) is 6.60. The van der Waals surface area contributed by atoms with E-state index in [0.29, 0.717) is 40.8 Å². The second-order valence-electron chi connectivity index (χ2n) is 11.4. The lowest BCUT2D eigenvalue weighted by Crippen LogP contribution is -2.28. The molecule has 0 saturated heterocycles. The lowest BCUT2D eigenvalue weighted by Gasteiger charge is -2.40. The number of nitrogens with zero attached hydrogens (tertiary/aromatic N) is 2. The van der Waals surface area contributed by atoms with E-state index in [1.165, 1.54) is 19.3 Å². The van der Waals surface area contributed by atoms with Crippen LogP contribution in [-0.2, 0) is 9.59 Å². The number of aromatic nitrogens is 1. The van der Waals surface area contributed by atoms with Gasteiger partial charge in [0.15, 0.2) is 0 Å². The number of rotatable bonds is 13. The van der Waals surface area contributed by atoms with Gasteiger partial charge in [-0.15, -0.1) is 0 Å². The standard InChI is InChI=1S/C30H39N3O4/c1-4-30(3,5-2)17-20-14-23(15-20)29-27(21-8-9-21)28(33-37-29)22(10-13-26(35)36)16-25(34)32-24-11-6-19(18-31)7-12-24/h6-7,11-12,20-23H,4-5,8-10,13-17H2,1-3H3,(H,32,34)(H,35,36). The number of benzene rings is 1. The number of hydrogen-bond acceptors (Lipinski definition) is 5. The summed E-state index contributed by atoms with van der Waals surface area (Å²) < 4.78 is 5.99. The predicted molar refractivity (Wildman–Crippen MR) is 141 cm³/mol. The molecule has 2 aromatic rings. The van der Waals surface area contributed by atoms with Crippen molar-refractivity contribution in [1.82, 2.24) is 5.16 Å². The van der Waals surface area contributed by atoms with Crippen LogP contribution in [0.1, 0.15) is 125 Å². The molecule has 2 fully saturated rings. The molecule has 0 aliphatic heterocycles. The van der Waals surface area contributed by atoms with Crippen LogP contribution in [0.15, 0.2) is 28.8 Å². The summed E-state index contributed by atoms with van der Waals surface area (Å²) in [5, 5.41) is 25.7. The fourth-order valence-corrected chi connectivity index (χ4v) is 5.74. The maximum absolute atomic E-state index is 13.0. The van der Waals surface area contributed by atoms with E-state index in [2.05, 4.69) is 37.3 Å². The maximum atomic E-state index is 13.0. The molecule has 2 aliphatic rings. The smallest absolute Gasteiger partial charge is 0.303 e. The Labute approximate surface area is 219 Å². The van der Waals surface area contributed by atoms with Gasteiger partial charge in [0.05, 0.1) is 17.3 Å². The number of anilines is 1. The summed E-state index contributed by atoms with van der Waals surface area (Å²) in [6.07, 6.45) is 8.48. The fourth-order valence-electron chi connectivity index (χ4n) is 5.74. The molecule has 2 aliphatic carbocycles. The molecule has 1 aromatic heterocycles. The number of carbonyl (C=O) groups is 2. The first kappa shape index (κ1) is 26.9. The van der Waals surface area contributed by atoms with Crippen LogP contribution in [0.2, 0.25) is 0 Å². The molecule has 0 spiro atoms. The molecule has 1 unspecified atom stereocenters. The molecule has 0 bridgehead atoms. The Hall–Kier alpha value is -3.14. The van der Waals surface area contributed by atoms with Crippen molar-refractivity contribution < 1.29 is 19.2 Å². The van der Waals surface area contributed by atoms with Gasteiger partial charge in [-0.05, 0) is 80.0 Å². The first-order valence-corrected chi connectivity index (χ1v) is 13.8. The minimum atomic E-state index is -0.883. The van der Waals surface area contributed by atoms with Crippen LogP contribution in [0.25, 0.3) is 0 Å². The summed E-state index contributed by atoms with van der Waals surface area (Å²) in [7, 11) is 0. The quantitative estimate of drug-likeness (QED) is 0.300. The number of nitriles is 1. The predicted octanol–water partition coefficient (Wildman–Crippen LogP) is 7.11. The van der Waals surface area contributed by atoms with E-state index < -0.39 is 5.97 Å². The number of aliphatic carboxylic acids is 1. The van der Waals surface area contributed by atoms with Crippen LogP contribution in [0.3, 0.4) is 0 Å². The highest BCUT2D eigenvalue weighted by Crippen LogP contribution is 2.54. The molecule has 1 aromatic carbocycles. The van der Waals surface area contributed by atoms with Crippen molar-refractivity contribution in [1.29, 1.82) is 5.26 Å². The minimum absolute atomic E-state index is 0.0285. The van der Waals surface area contributed by atoms with Gasteiger partial charge in [0.2, 0.25) is 5.91 Å². The number of carboxylic acids is 1. The van der Waals surface area contributed by atoms with Crippen molar-refractivity contribution in [3.05, 3.63) is 46.8 Å². The van der Waals surface area contributed by atoms with Gasteiger partial charge in [0.25, 0.3) is 0 Å². The van der Waals surface area contributed by atoms with Crippen molar-refractivity contribution in [3.63, 3.8) is 0 Å².